The highest BCUT2D eigenvalue weighted by Crippen LogP contribution is 2.22. The second kappa shape index (κ2) is 5.75. The molecule has 0 aliphatic rings. The van der Waals surface area contributed by atoms with Gasteiger partial charge in [-0.3, -0.25) is 0 Å². The summed E-state index contributed by atoms with van der Waals surface area (Å²) in [6, 6.07) is 1.68. The van der Waals surface area contributed by atoms with Crippen molar-refractivity contribution in [3.8, 4) is 0 Å². The Balaban J connectivity index is 2.25. The van der Waals surface area contributed by atoms with Gasteiger partial charge in [-0.25, -0.2) is 4.98 Å². The number of aryl methyl sites for hydroxylation is 1. The molecule has 0 aliphatic heterocycles. The number of rotatable bonds is 5. The quantitative estimate of drug-likeness (QED) is 0.786. The van der Waals surface area contributed by atoms with Gasteiger partial charge >= 0.3 is 6.18 Å². The Labute approximate surface area is 98.2 Å². The van der Waals surface area contributed by atoms with E-state index < -0.39 is 12.6 Å². The lowest BCUT2D eigenvalue weighted by Crippen LogP contribution is -2.09. The van der Waals surface area contributed by atoms with Crippen molar-refractivity contribution in [2.45, 2.75) is 32.4 Å². The average molecular weight is 247 g/mol. The Morgan fingerprint density at radius 3 is 2.65 bits per heavy atom. The SMILES string of the molecule is Cc1cnc(NCCCCC(F)(F)F)cc1N. The third-order valence-corrected chi connectivity index (χ3v) is 2.34. The van der Waals surface area contributed by atoms with Gasteiger partial charge in [0.05, 0.1) is 0 Å². The van der Waals surface area contributed by atoms with E-state index in [0.717, 1.165) is 5.56 Å². The highest BCUT2D eigenvalue weighted by Gasteiger charge is 2.25. The standard InChI is InChI=1S/C11H16F3N3/c1-8-7-17-10(6-9(8)15)16-5-3-2-4-11(12,13)14/h6-7H,2-5H2,1H3,(H3,15,16,17). The maximum absolute atomic E-state index is 11.9. The number of aromatic nitrogens is 1. The first-order valence-electron chi connectivity index (χ1n) is 5.41. The van der Waals surface area contributed by atoms with Gasteiger partial charge in [-0.15, -0.1) is 0 Å². The molecule has 0 unspecified atom stereocenters. The molecule has 3 nitrogen and oxygen atoms in total. The number of anilines is 2. The fraction of sp³-hybridized carbons (Fsp3) is 0.545. The highest BCUT2D eigenvalue weighted by atomic mass is 19.4. The number of nitrogens with one attached hydrogen (secondary N) is 1. The van der Waals surface area contributed by atoms with Gasteiger partial charge in [0.1, 0.15) is 5.82 Å². The molecule has 0 bridgehead atoms. The Morgan fingerprint density at radius 2 is 2.06 bits per heavy atom. The van der Waals surface area contributed by atoms with Crippen molar-refractivity contribution >= 4 is 11.5 Å². The lowest BCUT2D eigenvalue weighted by molar-refractivity contribution is -0.135. The third-order valence-electron chi connectivity index (χ3n) is 2.34. The maximum atomic E-state index is 11.9. The van der Waals surface area contributed by atoms with Crippen LogP contribution < -0.4 is 11.1 Å². The first-order chi connectivity index (χ1) is 7.88. The van der Waals surface area contributed by atoms with E-state index in [1.54, 1.807) is 12.3 Å². The van der Waals surface area contributed by atoms with E-state index in [1.807, 2.05) is 6.92 Å². The number of nitrogen functional groups attached to an aromatic ring is 1. The molecule has 0 aromatic carbocycles. The van der Waals surface area contributed by atoms with Crippen LogP contribution in [0.4, 0.5) is 24.7 Å². The minimum Gasteiger partial charge on any atom is -0.398 e. The zero-order valence-electron chi connectivity index (χ0n) is 9.64. The van der Waals surface area contributed by atoms with Crippen LogP contribution in [-0.4, -0.2) is 17.7 Å². The van der Waals surface area contributed by atoms with Gasteiger partial charge in [0.2, 0.25) is 0 Å². The molecular formula is C11H16F3N3. The Bertz CT molecular complexity index is 363. The molecule has 6 heteroatoms. The van der Waals surface area contributed by atoms with E-state index in [0.29, 0.717) is 24.5 Å². The molecule has 0 amide bonds. The molecule has 0 saturated carbocycles. The van der Waals surface area contributed by atoms with Crippen LogP contribution in [0.3, 0.4) is 0 Å². The van der Waals surface area contributed by atoms with Crippen LogP contribution in [0.5, 0.6) is 0 Å². The van der Waals surface area contributed by atoms with Crippen molar-refractivity contribution in [1.29, 1.82) is 0 Å². The number of hydrogen-bond acceptors (Lipinski definition) is 3. The Kier molecular flexibility index (Phi) is 4.60. The van der Waals surface area contributed by atoms with E-state index in [9.17, 15) is 13.2 Å². The number of unbranched alkanes of at least 4 members (excludes halogenated alkanes) is 1. The van der Waals surface area contributed by atoms with Gasteiger partial charge < -0.3 is 11.1 Å². The minimum absolute atomic E-state index is 0.123. The van der Waals surface area contributed by atoms with E-state index >= 15 is 0 Å². The normalized spacial score (nSPS) is 11.5. The molecule has 1 rings (SSSR count). The van der Waals surface area contributed by atoms with Crippen molar-refractivity contribution in [2.75, 3.05) is 17.6 Å². The van der Waals surface area contributed by atoms with E-state index in [2.05, 4.69) is 10.3 Å². The molecule has 1 aromatic heterocycles. The molecule has 96 valence electrons. The molecule has 0 aliphatic carbocycles. The van der Waals surface area contributed by atoms with Crippen LogP contribution in [0, 0.1) is 6.92 Å². The predicted octanol–water partition coefficient (Wildman–Crippen LogP) is 3.12. The fourth-order valence-corrected chi connectivity index (χ4v) is 1.30. The number of nitrogens with zero attached hydrogens (tertiary/aromatic N) is 1. The molecule has 0 fully saturated rings. The molecule has 0 saturated heterocycles. The molecule has 17 heavy (non-hydrogen) atoms. The molecule has 0 spiro atoms. The smallest absolute Gasteiger partial charge is 0.389 e. The second-order valence-corrected chi connectivity index (χ2v) is 3.93. The number of pyridine rings is 1. The Hall–Kier alpha value is -1.46. The van der Waals surface area contributed by atoms with Crippen molar-refractivity contribution in [2.24, 2.45) is 0 Å². The second-order valence-electron chi connectivity index (χ2n) is 3.93. The lowest BCUT2D eigenvalue weighted by Gasteiger charge is -2.08. The summed E-state index contributed by atoms with van der Waals surface area (Å²) in [7, 11) is 0. The molecule has 0 radical (unpaired) electrons. The zero-order chi connectivity index (χ0) is 12.9. The molecule has 3 N–H and O–H groups in total. The highest BCUT2D eigenvalue weighted by molar-refractivity contribution is 5.53. The monoisotopic (exact) mass is 247 g/mol. The summed E-state index contributed by atoms with van der Waals surface area (Å²) in [6.07, 6.45) is -2.59. The van der Waals surface area contributed by atoms with Gasteiger partial charge in [-0.1, -0.05) is 0 Å². The summed E-state index contributed by atoms with van der Waals surface area (Å²) in [5, 5.41) is 2.94. The van der Waals surface area contributed by atoms with Crippen LogP contribution in [0.2, 0.25) is 0 Å². The summed E-state index contributed by atoms with van der Waals surface area (Å²) in [5.74, 6) is 0.597. The number of halogens is 3. The molecule has 1 aromatic rings. The van der Waals surface area contributed by atoms with Crippen LogP contribution >= 0.6 is 0 Å². The summed E-state index contributed by atoms with van der Waals surface area (Å²) in [5.41, 5.74) is 7.18. The summed E-state index contributed by atoms with van der Waals surface area (Å²) in [4.78, 5) is 4.07. The predicted molar refractivity (Wildman–Crippen MR) is 61.8 cm³/mol. The van der Waals surface area contributed by atoms with Crippen molar-refractivity contribution in [3.63, 3.8) is 0 Å². The largest absolute Gasteiger partial charge is 0.398 e. The van der Waals surface area contributed by atoms with Crippen LogP contribution in [-0.2, 0) is 0 Å². The summed E-state index contributed by atoms with van der Waals surface area (Å²) >= 11 is 0. The number of alkyl halides is 3. The maximum Gasteiger partial charge on any atom is 0.389 e. The van der Waals surface area contributed by atoms with Gasteiger partial charge in [0.15, 0.2) is 0 Å². The lowest BCUT2D eigenvalue weighted by atomic mass is 10.2. The zero-order valence-corrected chi connectivity index (χ0v) is 9.64. The van der Waals surface area contributed by atoms with Crippen molar-refractivity contribution in [3.05, 3.63) is 17.8 Å². The number of hydrogen-bond donors (Lipinski definition) is 2. The van der Waals surface area contributed by atoms with E-state index in [-0.39, 0.29) is 6.42 Å². The summed E-state index contributed by atoms with van der Waals surface area (Å²) in [6.45, 7) is 2.31. The molecule has 0 atom stereocenters. The van der Waals surface area contributed by atoms with Crippen molar-refractivity contribution < 1.29 is 13.2 Å². The van der Waals surface area contributed by atoms with Gasteiger partial charge in [-0.2, -0.15) is 13.2 Å². The van der Waals surface area contributed by atoms with E-state index in [1.165, 1.54) is 0 Å². The van der Waals surface area contributed by atoms with Crippen LogP contribution in [0.25, 0.3) is 0 Å². The van der Waals surface area contributed by atoms with Gasteiger partial charge in [-0.05, 0) is 25.3 Å². The van der Waals surface area contributed by atoms with Crippen molar-refractivity contribution in [1.82, 2.24) is 4.98 Å². The average Bonchev–Trinajstić information content (AvgIpc) is 2.21. The van der Waals surface area contributed by atoms with E-state index in [4.69, 9.17) is 5.73 Å². The third kappa shape index (κ3) is 5.42. The van der Waals surface area contributed by atoms with Crippen LogP contribution in [0.15, 0.2) is 12.3 Å². The number of nitrogens with two attached hydrogens (primary N) is 1. The minimum atomic E-state index is -4.06. The van der Waals surface area contributed by atoms with Gasteiger partial charge in [0, 0.05) is 30.9 Å². The topological polar surface area (TPSA) is 50.9 Å². The Morgan fingerprint density at radius 1 is 1.35 bits per heavy atom. The fourth-order valence-electron chi connectivity index (χ4n) is 1.30. The summed E-state index contributed by atoms with van der Waals surface area (Å²) < 4.78 is 35.6. The first kappa shape index (κ1) is 13.6. The van der Waals surface area contributed by atoms with Gasteiger partial charge in [0.25, 0.3) is 0 Å². The first-order valence-corrected chi connectivity index (χ1v) is 5.41. The van der Waals surface area contributed by atoms with Crippen LogP contribution in [0.1, 0.15) is 24.8 Å². The molecular weight excluding hydrogens is 231 g/mol. The molecule has 1 heterocycles.